The molecule has 17 nitrogen and oxygen atoms in total. The van der Waals surface area contributed by atoms with E-state index in [1.54, 1.807) is 12.4 Å². The predicted octanol–water partition coefficient (Wildman–Crippen LogP) is 2.10. The summed E-state index contributed by atoms with van der Waals surface area (Å²) in [6.07, 6.45) is 6.27. The lowest BCUT2D eigenvalue weighted by Crippen LogP contribution is -2.54. The molecule has 0 radical (unpaired) electrons. The van der Waals surface area contributed by atoms with Gasteiger partial charge in [0.1, 0.15) is 17.1 Å². The van der Waals surface area contributed by atoms with E-state index in [2.05, 4.69) is 30.7 Å². The normalized spacial score (nSPS) is 19.6. The number of nitrogens with zero attached hydrogens (tertiary/aromatic N) is 6. The van der Waals surface area contributed by atoms with Gasteiger partial charge in [0.2, 0.25) is 24.1 Å². The fourth-order valence-corrected chi connectivity index (χ4v) is 8.54. The number of aromatic nitrogens is 3. The molecule has 5 rings (SSSR count). The van der Waals surface area contributed by atoms with E-state index in [4.69, 9.17) is 15.5 Å². The van der Waals surface area contributed by atoms with Crippen LogP contribution in [0.4, 0.5) is 10.6 Å². The van der Waals surface area contributed by atoms with Gasteiger partial charge in [0.15, 0.2) is 10.8 Å². The van der Waals surface area contributed by atoms with Gasteiger partial charge in [0, 0.05) is 39.1 Å². The molecular weight excluding hydrogens is 725 g/mol. The van der Waals surface area contributed by atoms with Gasteiger partial charge in [0.25, 0.3) is 0 Å². The lowest BCUT2D eigenvalue weighted by molar-refractivity contribution is -0.144. The van der Waals surface area contributed by atoms with Gasteiger partial charge in [0.05, 0.1) is 47.4 Å². The first-order valence-electron chi connectivity index (χ1n) is 17.8. The number of methoxy groups -OCH3 is 2. The van der Waals surface area contributed by atoms with Crippen molar-refractivity contribution in [2.45, 2.75) is 84.0 Å². The number of fused-ring (bicyclic) bond motifs is 1. The number of carbonyl (C=O) groups excluding carboxylic acids is 4. The van der Waals surface area contributed by atoms with E-state index in [1.807, 2.05) is 43.2 Å². The highest BCUT2D eigenvalue weighted by atomic mass is 32.1. The molecule has 5 heterocycles. The number of hydrogen-bond acceptors (Lipinski definition) is 14. The quantitative estimate of drug-likeness (QED) is 0.111. The summed E-state index contributed by atoms with van der Waals surface area (Å²) in [5, 5.41) is 19.0. The zero-order chi connectivity index (χ0) is 38.4. The number of carbonyl (C=O) groups is 4. The van der Waals surface area contributed by atoms with Crippen LogP contribution in [0.1, 0.15) is 58.3 Å². The zero-order valence-electron chi connectivity index (χ0n) is 30.9. The number of likely N-dealkylation sites (tertiary alicyclic amines) is 2. The molecule has 53 heavy (non-hydrogen) atoms. The van der Waals surface area contributed by atoms with Crippen molar-refractivity contribution in [2.24, 2.45) is 22.6 Å². The number of nitrogens with two attached hydrogens (primary N) is 1. The highest BCUT2D eigenvalue weighted by molar-refractivity contribution is 7.25. The third-order valence-corrected chi connectivity index (χ3v) is 11.7. The van der Waals surface area contributed by atoms with Gasteiger partial charge in [-0.05, 0) is 37.5 Å². The van der Waals surface area contributed by atoms with Crippen LogP contribution in [-0.2, 0) is 23.9 Å². The topological polar surface area (TPSA) is 218 Å². The van der Waals surface area contributed by atoms with E-state index in [0.717, 1.165) is 27.6 Å². The lowest BCUT2D eigenvalue weighted by atomic mass is 10.0. The van der Waals surface area contributed by atoms with Gasteiger partial charge in [-0.25, -0.2) is 14.8 Å². The summed E-state index contributed by atoms with van der Waals surface area (Å²) in [5.74, 6) is -0.650. The summed E-state index contributed by atoms with van der Waals surface area (Å²) < 4.78 is 11.4. The Morgan fingerprint density at radius 1 is 1.02 bits per heavy atom. The molecule has 2 aliphatic rings. The van der Waals surface area contributed by atoms with Gasteiger partial charge in [-0.2, -0.15) is 0 Å². The van der Waals surface area contributed by atoms with Gasteiger partial charge in [-0.15, -0.1) is 11.3 Å². The van der Waals surface area contributed by atoms with E-state index in [-0.39, 0.29) is 42.1 Å². The van der Waals surface area contributed by atoms with Crippen molar-refractivity contribution < 1.29 is 33.8 Å². The second kappa shape index (κ2) is 17.9. The van der Waals surface area contributed by atoms with Crippen molar-refractivity contribution in [1.29, 1.82) is 0 Å². The van der Waals surface area contributed by atoms with Crippen LogP contribution in [-0.4, -0.2) is 130 Å². The van der Waals surface area contributed by atoms with Crippen LogP contribution in [0.5, 0.6) is 0 Å². The highest BCUT2D eigenvalue weighted by Crippen LogP contribution is 2.33. The first-order valence-corrected chi connectivity index (χ1v) is 19.4. The fraction of sp³-hybridized carbons (Fsp3) is 0.618. The number of ether oxygens (including phenoxy) is 2. The third kappa shape index (κ3) is 9.39. The maximum absolute atomic E-state index is 13.5. The molecular formula is C34H50N10O7S2. The molecule has 2 saturated heterocycles. The number of nitrogens with one attached hydrogen (secondary N) is 3. The molecule has 0 saturated carbocycles. The molecule has 290 valence electrons. The van der Waals surface area contributed by atoms with Gasteiger partial charge >= 0.3 is 6.09 Å². The summed E-state index contributed by atoms with van der Waals surface area (Å²) in [6, 6.07) is -2.19. The van der Waals surface area contributed by atoms with Crippen molar-refractivity contribution in [2.75, 3.05) is 45.7 Å². The van der Waals surface area contributed by atoms with Crippen LogP contribution in [0, 0.1) is 11.8 Å². The van der Waals surface area contributed by atoms with Crippen molar-refractivity contribution in [3.8, 4) is 9.88 Å². The molecule has 4 amide bonds. The van der Waals surface area contributed by atoms with Crippen molar-refractivity contribution in [3.05, 3.63) is 23.5 Å². The van der Waals surface area contributed by atoms with Crippen LogP contribution in [0.25, 0.3) is 14.8 Å². The number of rotatable bonds is 15. The highest BCUT2D eigenvalue weighted by Gasteiger charge is 2.39. The largest absolute Gasteiger partial charge is 0.453 e. The van der Waals surface area contributed by atoms with Crippen molar-refractivity contribution in [3.63, 3.8) is 0 Å². The Morgan fingerprint density at radius 3 is 2.38 bits per heavy atom. The summed E-state index contributed by atoms with van der Waals surface area (Å²) in [6.45, 7) is 9.13. The number of aliphatic imine (C=N–C) groups is 1. The number of aliphatic hydroxyl groups is 1. The summed E-state index contributed by atoms with van der Waals surface area (Å²) in [7, 11) is 2.61. The molecule has 5 unspecified atom stereocenters. The van der Waals surface area contributed by atoms with Gasteiger partial charge in [-0.3, -0.25) is 29.1 Å². The molecule has 2 aliphatic heterocycles. The third-order valence-electron chi connectivity index (χ3n) is 9.46. The Morgan fingerprint density at radius 2 is 1.72 bits per heavy atom. The van der Waals surface area contributed by atoms with E-state index < -0.39 is 30.6 Å². The minimum absolute atomic E-state index is 0.0558. The molecule has 3 aromatic rings. The van der Waals surface area contributed by atoms with Crippen molar-refractivity contribution >= 4 is 63.0 Å². The van der Waals surface area contributed by atoms with E-state index in [0.29, 0.717) is 49.0 Å². The number of alkyl carbamates (subject to hydrolysis) is 1. The Balaban J connectivity index is 1.22. The Bertz CT molecular complexity index is 1760. The first-order chi connectivity index (χ1) is 25.3. The second-order valence-electron chi connectivity index (χ2n) is 13.8. The van der Waals surface area contributed by atoms with Gasteiger partial charge in [-0.1, -0.05) is 39.0 Å². The minimum Gasteiger partial charge on any atom is -0.453 e. The molecule has 5 atom stereocenters. The summed E-state index contributed by atoms with van der Waals surface area (Å²) in [4.78, 5) is 71.8. The lowest BCUT2D eigenvalue weighted by Gasteiger charge is -2.31. The number of thiazole rings is 2. The molecule has 3 aromatic heterocycles. The maximum Gasteiger partial charge on any atom is 0.407 e. The first kappa shape index (κ1) is 40.2. The molecule has 19 heteroatoms. The number of anilines is 1. The molecule has 0 aromatic carbocycles. The van der Waals surface area contributed by atoms with Crippen LogP contribution in [0.2, 0.25) is 0 Å². The van der Waals surface area contributed by atoms with E-state index >= 15 is 0 Å². The average molecular weight is 775 g/mol. The number of amides is 4. The smallest absolute Gasteiger partial charge is 0.407 e. The molecule has 6 N–H and O–H groups in total. The van der Waals surface area contributed by atoms with E-state index in [1.165, 1.54) is 41.8 Å². The van der Waals surface area contributed by atoms with Crippen LogP contribution in [0.3, 0.4) is 0 Å². The van der Waals surface area contributed by atoms with Gasteiger partial charge < -0.3 is 40.7 Å². The minimum atomic E-state index is -1.24. The molecule has 0 spiro atoms. The van der Waals surface area contributed by atoms with Crippen molar-refractivity contribution in [1.82, 2.24) is 34.8 Å². The Labute approximate surface area is 316 Å². The average Bonchev–Trinajstić information content (AvgIpc) is 3.97. The predicted molar refractivity (Wildman–Crippen MR) is 202 cm³/mol. The Kier molecular flexibility index (Phi) is 13.6. The molecule has 2 fully saturated rings. The fourth-order valence-electron chi connectivity index (χ4n) is 6.59. The van der Waals surface area contributed by atoms with E-state index in [9.17, 15) is 24.3 Å². The Hall–Kier alpha value is -4.01. The number of imidazole rings is 1. The summed E-state index contributed by atoms with van der Waals surface area (Å²) in [5.41, 5.74) is 6.84. The second-order valence-corrected chi connectivity index (χ2v) is 15.8. The number of aliphatic hydroxyl groups excluding tert-OH is 1. The van der Waals surface area contributed by atoms with Crippen LogP contribution in [0.15, 0.2) is 23.6 Å². The molecule has 0 aliphatic carbocycles. The summed E-state index contributed by atoms with van der Waals surface area (Å²) >= 11 is 2.88. The standard InChI is InChI=1S/C34H50N10O7S2/c1-18(2)26(40-33(48)50-5)30(46)43-11-7-9-20(43)14-36-21(13-35)23-15-37-29(52-23)24-16-42-17-25(39-32(42)53-24)38-28(45)22-10-8-12-44(22)31(47)27(19(3)4)41-34(49)51-6/h15-20,22,26-27,33,40,48H,7-14,35H2,1-6H3,(H,38,45)(H,41,49). The monoisotopic (exact) mass is 774 g/mol. The molecule has 0 bridgehead atoms. The maximum atomic E-state index is 13.5. The zero-order valence-corrected chi connectivity index (χ0v) is 32.5. The van der Waals surface area contributed by atoms with Crippen LogP contribution >= 0.6 is 22.7 Å². The van der Waals surface area contributed by atoms with Crippen LogP contribution < -0.4 is 21.7 Å². The number of hydrogen-bond donors (Lipinski definition) is 5. The SMILES string of the molecule is COC(=O)NC(C(=O)N1CCCC1C(=O)Nc1cn2cc(-c3ncc(C(CN)=NCC4CCCN4C(=O)C(NC(O)OC)C(C)C)s3)sc2n1)C(C)C.